The average molecular weight is 504 g/mol. The van der Waals surface area contributed by atoms with Crippen LogP contribution in [0.15, 0.2) is 18.3 Å². The highest BCUT2D eigenvalue weighted by molar-refractivity contribution is 6.45. The second kappa shape index (κ2) is 9.58. The quantitative estimate of drug-likeness (QED) is 0.492. The van der Waals surface area contributed by atoms with Gasteiger partial charge < -0.3 is 20.5 Å². The number of nitrogens with zero attached hydrogens (tertiary/aromatic N) is 4. The summed E-state index contributed by atoms with van der Waals surface area (Å²) in [5.41, 5.74) is 4.49. The van der Waals surface area contributed by atoms with E-state index in [0.29, 0.717) is 36.1 Å². The molecule has 0 atom stereocenters. The maximum absolute atomic E-state index is 13.0. The van der Waals surface area contributed by atoms with Gasteiger partial charge in [0, 0.05) is 81.1 Å². The number of halogens is 2. The lowest BCUT2D eigenvalue weighted by Crippen LogP contribution is -2.49. The third kappa shape index (κ3) is 4.53. The highest BCUT2D eigenvalue weighted by Gasteiger charge is 2.28. The first kappa shape index (κ1) is 23.2. The van der Waals surface area contributed by atoms with Gasteiger partial charge in [-0.3, -0.25) is 19.2 Å². The summed E-state index contributed by atoms with van der Waals surface area (Å²) < 4.78 is 1.74. The number of hydrogen-bond acceptors (Lipinski definition) is 5. The summed E-state index contributed by atoms with van der Waals surface area (Å²) in [5, 5.41) is 12.4. The first-order chi connectivity index (χ1) is 16.4. The molecule has 34 heavy (non-hydrogen) atoms. The van der Waals surface area contributed by atoms with Crippen LogP contribution in [0.2, 0.25) is 10.0 Å². The number of aryl methyl sites for hydroxylation is 1. The van der Waals surface area contributed by atoms with Crippen LogP contribution in [0.5, 0.6) is 0 Å². The summed E-state index contributed by atoms with van der Waals surface area (Å²) in [6.07, 6.45) is 2.54. The first-order valence-electron chi connectivity index (χ1n) is 11.4. The monoisotopic (exact) mass is 503 g/mol. The van der Waals surface area contributed by atoms with Crippen LogP contribution < -0.4 is 10.6 Å². The molecule has 5 rings (SSSR count). The van der Waals surface area contributed by atoms with Gasteiger partial charge >= 0.3 is 0 Å². The lowest BCUT2D eigenvalue weighted by atomic mass is 9.99. The Morgan fingerprint density at radius 3 is 2.74 bits per heavy atom. The molecule has 3 N–H and O–H groups in total. The molecule has 180 valence electrons. The first-order valence-corrected chi connectivity index (χ1v) is 12.2. The molecular formula is C23H27Cl2N7O2. The molecule has 11 heteroatoms. The van der Waals surface area contributed by atoms with E-state index in [-0.39, 0.29) is 18.4 Å². The number of aromatic amines is 1. The Hall–Kier alpha value is -2.59. The highest BCUT2D eigenvalue weighted by atomic mass is 35.5. The van der Waals surface area contributed by atoms with Crippen LogP contribution in [-0.4, -0.2) is 82.2 Å². The number of hydrogen-bond donors (Lipinski definition) is 3. The van der Waals surface area contributed by atoms with Crippen molar-refractivity contribution in [2.45, 2.75) is 13.0 Å². The van der Waals surface area contributed by atoms with E-state index in [1.54, 1.807) is 9.58 Å². The van der Waals surface area contributed by atoms with Crippen molar-refractivity contribution >= 4 is 45.9 Å². The van der Waals surface area contributed by atoms with Crippen molar-refractivity contribution in [3.63, 3.8) is 0 Å². The molecule has 0 bridgehead atoms. The minimum Gasteiger partial charge on any atom is -0.357 e. The smallest absolute Gasteiger partial charge is 0.242 e. The SMILES string of the molecule is Cn1ccc(-c2cc(Cl)c(Cl)c3[nH]c4c(c23)CN(C(=O)CNC(=O)CN2CCNCC2)CC4)n1. The van der Waals surface area contributed by atoms with E-state index in [1.165, 1.54) is 0 Å². The Kier molecular flexibility index (Phi) is 6.52. The van der Waals surface area contributed by atoms with Crippen LogP contribution in [0.25, 0.3) is 22.2 Å². The van der Waals surface area contributed by atoms with Gasteiger partial charge in [-0.1, -0.05) is 23.2 Å². The van der Waals surface area contributed by atoms with E-state index < -0.39 is 0 Å². The largest absolute Gasteiger partial charge is 0.357 e. The van der Waals surface area contributed by atoms with Crippen LogP contribution in [0.3, 0.4) is 0 Å². The maximum atomic E-state index is 13.0. The van der Waals surface area contributed by atoms with Gasteiger partial charge in [-0.05, 0) is 12.1 Å². The topological polar surface area (TPSA) is 98.3 Å². The molecule has 2 aliphatic heterocycles. The van der Waals surface area contributed by atoms with Crippen LogP contribution in [0.1, 0.15) is 11.3 Å². The van der Waals surface area contributed by atoms with E-state index in [1.807, 2.05) is 25.4 Å². The van der Waals surface area contributed by atoms with Gasteiger partial charge in [-0.15, -0.1) is 0 Å². The fraction of sp³-hybridized carbons (Fsp3) is 0.435. The van der Waals surface area contributed by atoms with Crippen molar-refractivity contribution in [3.8, 4) is 11.3 Å². The number of amides is 2. The van der Waals surface area contributed by atoms with Crippen molar-refractivity contribution in [1.29, 1.82) is 0 Å². The third-order valence-electron chi connectivity index (χ3n) is 6.50. The number of benzene rings is 1. The molecule has 9 nitrogen and oxygen atoms in total. The molecule has 1 aromatic carbocycles. The molecule has 1 fully saturated rings. The number of H-pyrrole nitrogens is 1. The second-order valence-electron chi connectivity index (χ2n) is 8.79. The molecule has 1 saturated heterocycles. The summed E-state index contributed by atoms with van der Waals surface area (Å²) in [7, 11) is 1.86. The number of carbonyl (C=O) groups is 2. The molecular weight excluding hydrogens is 477 g/mol. The molecule has 0 unspecified atom stereocenters. The van der Waals surface area contributed by atoms with E-state index >= 15 is 0 Å². The molecule has 4 heterocycles. The molecule has 2 amide bonds. The van der Waals surface area contributed by atoms with Crippen molar-refractivity contribution in [2.75, 3.05) is 45.8 Å². The van der Waals surface area contributed by atoms with Gasteiger partial charge in [0.25, 0.3) is 0 Å². The van der Waals surface area contributed by atoms with Crippen LogP contribution in [0, 0.1) is 0 Å². The summed E-state index contributed by atoms with van der Waals surface area (Å²) in [5.74, 6) is -0.230. The highest BCUT2D eigenvalue weighted by Crippen LogP contribution is 2.41. The average Bonchev–Trinajstić information content (AvgIpc) is 3.44. The normalized spacial score (nSPS) is 16.6. The van der Waals surface area contributed by atoms with Crippen molar-refractivity contribution < 1.29 is 9.59 Å². The molecule has 0 saturated carbocycles. The second-order valence-corrected chi connectivity index (χ2v) is 9.58. The van der Waals surface area contributed by atoms with Crippen LogP contribution in [0.4, 0.5) is 0 Å². The fourth-order valence-corrected chi connectivity index (χ4v) is 5.13. The number of piperazine rings is 1. The Morgan fingerprint density at radius 1 is 1.21 bits per heavy atom. The van der Waals surface area contributed by atoms with Crippen LogP contribution in [-0.2, 0) is 29.6 Å². The maximum Gasteiger partial charge on any atom is 0.242 e. The Bertz CT molecular complexity index is 1250. The zero-order chi connectivity index (χ0) is 23.8. The summed E-state index contributed by atoms with van der Waals surface area (Å²) in [6.45, 7) is 4.72. The Balaban J connectivity index is 1.34. The van der Waals surface area contributed by atoms with E-state index in [0.717, 1.165) is 59.6 Å². The molecule has 2 aromatic heterocycles. The number of rotatable bonds is 5. The van der Waals surface area contributed by atoms with E-state index in [2.05, 4.69) is 25.6 Å². The fourth-order valence-electron chi connectivity index (χ4n) is 4.73. The van der Waals surface area contributed by atoms with Crippen molar-refractivity contribution in [1.82, 2.24) is 35.2 Å². The molecule has 0 radical (unpaired) electrons. The number of carbonyl (C=O) groups excluding carboxylic acids is 2. The predicted octanol–water partition coefficient (Wildman–Crippen LogP) is 1.78. The molecule has 3 aromatic rings. The minimum atomic E-state index is -0.126. The Labute approximate surface area is 207 Å². The number of aromatic nitrogens is 3. The predicted molar refractivity (Wildman–Crippen MR) is 132 cm³/mol. The third-order valence-corrected chi connectivity index (χ3v) is 7.29. The summed E-state index contributed by atoms with van der Waals surface area (Å²) in [4.78, 5) is 32.6. The van der Waals surface area contributed by atoms with Gasteiger partial charge in [-0.25, -0.2) is 0 Å². The van der Waals surface area contributed by atoms with Crippen LogP contribution >= 0.6 is 23.2 Å². The minimum absolute atomic E-state index is 0.0116. The lowest BCUT2D eigenvalue weighted by molar-refractivity contribution is -0.133. The van der Waals surface area contributed by atoms with E-state index in [4.69, 9.17) is 23.2 Å². The number of fused-ring (bicyclic) bond motifs is 3. The van der Waals surface area contributed by atoms with Crippen molar-refractivity contribution in [2.24, 2.45) is 7.05 Å². The Morgan fingerprint density at radius 2 is 2.00 bits per heavy atom. The lowest BCUT2D eigenvalue weighted by Gasteiger charge is -2.28. The zero-order valence-electron chi connectivity index (χ0n) is 19.0. The zero-order valence-corrected chi connectivity index (χ0v) is 20.5. The number of nitrogens with one attached hydrogen (secondary N) is 3. The van der Waals surface area contributed by atoms with Gasteiger partial charge in [0.1, 0.15) is 0 Å². The van der Waals surface area contributed by atoms with Crippen molar-refractivity contribution in [3.05, 3.63) is 39.6 Å². The van der Waals surface area contributed by atoms with Gasteiger partial charge in [0.15, 0.2) is 0 Å². The molecule has 0 spiro atoms. The summed E-state index contributed by atoms with van der Waals surface area (Å²) >= 11 is 13.0. The molecule has 2 aliphatic rings. The summed E-state index contributed by atoms with van der Waals surface area (Å²) in [6, 6.07) is 3.76. The van der Waals surface area contributed by atoms with Gasteiger partial charge in [0.05, 0.1) is 34.3 Å². The molecule has 0 aliphatic carbocycles. The van der Waals surface area contributed by atoms with Gasteiger partial charge in [-0.2, -0.15) is 5.10 Å². The van der Waals surface area contributed by atoms with E-state index in [9.17, 15) is 9.59 Å². The van der Waals surface area contributed by atoms with Gasteiger partial charge in [0.2, 0.25) is 11.8 Å². The standard InChI is InChI=1S/C23H27Cl2N7O2/c1-30-6-2-18(29-30)14-10-16(24)22(25)23-21(14)15-12-32(7-3-17(15)28-23)20(34)11-27-19(33)13-31-8-4-26-5-9-31/h2,6,10,26,28H,3-5,7-9,11-13H2,1H3,(H,27,33).